The fourth-order valence-electron chi connectivity index (χ4n) is 2.96. The van der Waals surface area contributed by atoms with Crippen molar-refractivity contribution in [1.82, 2.24) is 30.5 Å². The SMILES string of the molecule is CN(C(=O)O)C1(COc2cnc(Cl)c(-c3cccc(-c4nn[nH]n4)c3)c2)CC1. The molecule has 2 heterocycles. The molecule has 1 aliphatic rings. The Morgan fingerprint density at radius 1 is 1.36 bits per heavy atom. The summed E-state index contributed by atoms with van der Waals surface area (Å²) < 4.78 is 5.86. The Bertz CT molecular complexity index is 1010. The molecule has 0 radical (unpaired) electrons. The van der Waals surface area contributed by atoms with Crippen LogP contribution in [0.1, 0.15) is 12.8 Å². The lowest BCUT2D eigenvalue weighted by atomic mass is 10.0. The summed E-state index contributed by atoms with van der Waals surface area (Å²) in [4.78, 5) is 16.8. The summed E-state index contributed by atoms with van der Waals surface area (Å²) >= 11 is 6.30. The number of amides is 1. The van der Waals surface area contributed by atoms with Crippen LogP contribution in [0.2, 0.25) is 5.15 Å². The average molecular weight is 401 g/mol. The van der Waals surface area contributed by atoms with E-state index in [1.54, 1.807) is 13.1 Å². The van der Waals surface area contributed by atoms with Gasteiger partial charge in [-0.2, -0.15) is 5.21 Å². The van der Waals surface area contributed by atoms with E-state index in [1.165, 1.54) is 11.1 Å². The molecule has 0 bridgehead atoms. The van der Waals surface area contributed by atoms with E-state index >= 15 is 0 Å². The van der Waals surface area contributed by atoms with Gasteiger partial charge in [0.2, 0.25) is 5.82 Å². The molecule has 144 valence electrons. The molecule has 0 unspecified atom stereocenters. The highest BCUT2D eigenvalue weighted by Gasteiger charge is 2.49. The average Bonchev–Trinajstić information content (AvgIpc) is 3.29. The summed E-state index contributed by atoms with van der Waals surface area (Å²) in [6.45, 7) is 0.265. The predicted molar refractivity (Wildman–Crippen MR) is 101 cm³/mol. The first-order chi connectivity index (χ1) is 13.5. The maximum atomic E-state index is 11.2. The van der Waals surface area contributed by atoms with Crippen LogP contribution in [0.4, 0.5) is 4.79 Å². The zero-order valence-corrected chi connectivity index (χ0v) is 15.7. The van der Waals surface area contributed by atoms with Crippen molar-refractivity contribution >= 4 is 17.7 Å². The molecule has 9 nitrogen and oxygen atoms in total. The zero-order valence-electron chi connectivity index (χ0n) is 15.0. The monoisotopic (exact) mass is 400 g/mol. The van der Waals surface area contributed by atoms with Crippen molar-refractivity contribution in [3.05, 3.63) is 41.7 Å². The lowest BCUT2D eigenvalue weighted by molar-refractivity contribution is 0.109. The van der Waals surface area contributed by atoms with Crippen LogP contribution < -0.4 is 4.74 Å². The fourth-order valence-corrected chi connectivity index (χ4v) is 3.17. The number of aromatic amines is 1. The molecular weight excluding hydrogens is 384 g/mol. The normalized spacial score (nSPS) is 14.5. The Kier molecular flexibility index (Phi) is 4.60. The molecule has 4 rings (SSSR count). The van der Waals surface area contributed by atoms with Gasteiger partial charge in [-0.3, -0.25) is 0 Å². The molecule has 2 N–H and O–H groups in total. The van der Waals surface area contributed by atoms with Crippen molar-refractivity contribution in [2.75, 3.05) is 13.7 Å². The Labute approximate surface area is 165 Å². The zero-order chi connectivity index (χ0) is 19.7. The molecule has 28 heavy (non-hydrogen) atoms. The van der Waals surface area contributed by atoms with Crippen molar-refractivity contribution in [2.45, 2.75) is 18.4 Å². The van der Waals surface area contributed by atoms with E-state index in [9.17, 15) is 9.90 Å². The molecule has 0 spiro atoms. The predicted octanol–water partition coefficient (Wildman–Crippen LogP) is 3.10. The number of carbonyl (C=O) groups is 1. The summed E-state index contributed by atoms with van der Waals surface area (Å²) in [6.07, 6.45) is 2.12. The number of tetrazole rings is 1. The van der Waals surface area contributed by atoms with Crippen LogP contribution >= 0.6 is 11.6 Å². The minimum atomic E-state index is -0.964. The number of nitrogens with zero attached hydrogens (tertiary/aromatic N) is 5. The van der Waals surface area contributed by atoms with Gasteiger partial charge in [0.1, 0.15) is 17.5 Å². The van der Waals surface area contributed by atoms with Crippen molar-refractivity contribution in [3.8, 4) is 28.3 Å². The number of nitrogens with one attached hydrogen (secondary N) is 1. The standard InChI is InChI=1S/C18H17ClN6O3/c1-25(17(26)27)18(5-6-18)10-28-13-8-14(15(19)20-9-13)11-3-2-4-12(7-11)16-21-23-24-22-16/h2-4,7-9H,5-6,10H2,1H3,(H,26,27)(H,21,22,23,24). The summed E-state index contributed by atoms with van der Waals surface area (Å²) in [5, 5.41) is 23.5. The topological polar surface area (TPSA) is 117 Å². The van der Waals surface area contributed by atoms with E-state index in [0.29, 0.717) is 22.3 Å². The number of hydrogen-bond acceptors (Lipinski definition) is 6. The lowest BCUT2D eigenvalue weighted by Crippen LogP contribution is -2.42. The number of pyridine rings is 1. The van der Waals surface area contributed by atoms with Gasteiger partial charge in [-0.1, -0.05) is 29.8 Å². The molecule has 1 saturated carbocycles. The van der Waals surface area contributed by atoms with Crippen LogP contribution in [-0.4, -0.2) is 60.9 Å². The number of ether oxygens (including phenoxy) is 1. The van der Waals surface area contributed by atoms with Crippen molar-refractivity contribution in [3.63, 3.8) is 0 Å². The summed E-state index contributed by atoms with van der Waals surface area (Å²) in [5.41, 5.74) is 1.84. The second kappa shape index (κ2) is 7.08. The molecule has 3 aromatic rings. The van der Waals surface area contributed by atoms with Crippen LogP contribution in [-0.2, 0) is 0 Å². The number of H-pyrrole nitrogens is 1. The molecule has 10 heteroatoms. The fraction of sp³-hybridized carbons (Fsp3) is 0.278. The largest absolute Gasteiger partial charge is 0.489 e. The number of aromatic nitrogens is 5. The molecule has 1 fully saturated rings. The number of hydrogen-bond donors (Lipinski definition) is 2. The highest BCUT2D eigenvalue weighted by atomic mass is 35.5. The smallest absolute Gasteiger partial charge is 0.407 e. The minimum absolute atomic E-state index is 0.265. The second-order valence-electron chi connectivity index (χ2n) is 6.68. The van der Waals surface area contributed by atoms with E-state index in [0.717, 1.165) is 24.0 Å². The quantitative estimate of drug-likeness (QED) is 0.610. The second-order valence-corrected chi connectivity index (χ2v) is 7.04. The van der Waals surface area contributed by atoms with Crippen LogP contribution in [0.3, 0.4) is 0 Å². The van der Waals surface area contributed by atoms with E-state index < -0.39 is 11.6 Å². The van der Waals surface area contributed by atoms with Gasteiger partial charge >= 0.3 is 6.09 Å². The molecule has 0 saturated heterocycles. The number of benzene rings is 1. The summed E-state index contributed by atoms with van der Waals surface area (Å²) in [7, 11) is 1.56. The number of carboxylic acid groups (broad SMARTS) is 1. The third kappa shape index (κ3) is 3.48. The van der Waals surface area contributed by atoms with Crippen LogP contribution in [0.25, 0.3) is 22.5 Å². The van der Waals surface area contributed by atoms with Gasteiger partial charge in [-0.05, 0) is 35.8 Å². The first-order valence-electron chi connectivity index (χ1n) is 8.58. The highest BCUT2D eigenvalue weighted by Crippen LogP contribution is 2.41. The van der Waals surface area contributed by atoms with Crippen LogP contribution in [0.5, 0.6) is 5.75 Å². The van der Waals surface area contributed by atoms with Gasteiger partial charge in [0, 0.05) is 18.2 Å². The first-order valence-corrected chi connectivity index (χ1v) is 8.96. The molecule has 1 amide bonds. The Morgan fingerprint density at radius 2 is 2.14 bits per heavy atom. The van der Waals surface area contributed by atoms with Gasteiger partial charge in [0.25, 0.3) is 0 Å². The van der Waals surface area contributed by atoms with Gasteiger partial charge in [-0.15, -0.1) is 10.2 Å². The van der Waals surface area contributed by atoms with Crippen molar-refractivity contribution < 1.29 is 14.6 Å². The van der Waals surface area contributed by atoms with Crippen molar-refractivity contribution in [1.29, 1.82) is 0 Å². The Balaban J connectivity index is 1.57. The third-order valence-electron chi connectivity index (χ3n) is 4.92. The van der Waals surface area contributed by atoms with E-state index in [-0.39, 0.29) is 6.61 Å². The highest BCUT2D eigenvalue weighted by molar-refractivity contribution is 6.32. The van der Waals surface area contributed by atoms with Gasteiger partial charge in [0.05, 0.1) is 11.7 Å². The van der Waals surface area contributed by atoms with Gasteiger partial charge < -0.3 is 14.7 Å². The summed E-state index contributed by atoms with van der Waals surface area (Å²) in [5.74, 6) is 1.00. The van der Waals surface area contributed by atoms with Gasteiger partial charge in [0.15, 0.2) is 0 Å². The Hall–Kier alpha value is -3.20. The molecule has 2 aromatic heterocycles. The van der Waals surface area contributed by atoms with Crippen molar-refractivity contribution in [2.24, 2.45) is 0 Å². The van der Waals surface area contributed by atoms with E-state index in [2.05, 4.69) is 25.6 Å². The van der Waals surface area contributed by atoms with E-state index in [4.69, 9.17) is 16.3 Å². The van der Waals surface area contributed by atoms with E-state index in [1.807, 2.05) is 24.3 Å². The first kappa shape index (κ1) is 18.2. The Morgan fingerprint density at radius 3 is 2.82 bits per heavy atom. The van der Waals surface area contributed by atoms with Crippen LogP contribution in [0, 0.1) is 0 Å². The maximum absolute atomic E-state index is 11.2. The number of likely N-dealkylation sites (N-methyl/N-ethyl adjacent to an activating group) is 1. The maximum Gasteiger partial charge on any atom is 0.407 e. The minimum Gasteiger partial charge on any atom is -0.489 e. The molecule has 1 aliphatic carbocycles. The lowest BCUT2D eigenvalue weighted by Gasteiger charge is -2.25. The third-order valence-corrected chi connectivity index (χ3v) is 5.23. The van der Waals surface area contributed by atoms with Crippen LogP contribution in [0.15, 0.2) is 36.5 Å². The molecule has 0 aliphatic heterocycles. The van der Waals surface area contributed by atoms with Gasteiger partial charge in [-0.25, -0.2) is 9.78 Å². The molecule has 1 aromatic carbocycles. The number of halogens is 1. The molecular formula is C18H17ClN6O3. The summed E-state index contributed by atoms with van der Waals surface area (Å²) in [6, 6.07) is 9.32. The molecule has 0 atom stereocenters. The number of rotatable bonds is 6.